The molecule has 3 heterocycles. The Bertz CT molecular complexity index is 3310. The van der Waals surface area contributed by atoms with Crippen LogP contribution in [-0.4, -0.2) is 123 Å². The molecule has 0 spiro atoms. The summed E-state index contributed by atoms with van der Waals surface area (Å²) in [5.74, 6) is 4.32. The van der Waals surface area contributed by atoms with E-state index in [9.17, 15) is 58.2 Å². The standard InChI is InChI=1S/C44H46N7O19P3/c1-48(2)28-10-13-31-36(20-28)67-37-21-29(49(3)4)11-14-32(37)41(31)33-19-26(9-12-30(33)43(54)55)42(53)45-16-5-6-25-7-8-27(34(18-25)51(57)58)23-46-39-15-17-50(44(56)47-39)40-22-35(52)38(68-40)24-66-72(62,63)70-73(64,65)69-71(59,60)61/h7-15,17-21,35,38-40,46,52H,16,22-24H2,1-4H3,(H6-,45,47,53,54,55,56,59,60,61,62,63,64,65)/p+1/t35-,38+,39?,40+/m0/s1. The molecule has 4 aliphatic rings. The second-order valence-corrected chi connectivity index (χ2v) is 21.1. The lowest BCUT2D eigenvalue weighted by molar-refractivity contribution is -0.385. The number of carboxylic acid groups (broad SMARTS) is 1. The van der Waals surface area contributed by atoms with Gasteiger partial charge in [0, 0.05) is 90.4 Å². The third kappa shape index (κ3) is 13.3. The zero-order valence-electron chi connectivity index (χ0n) is 38.8. The molecule has 1 fully saturated rings. The lowest BCUT2D eigenvalue weighted by atomic mass is 9.89. The van der Waals surface area contributed by atoms with E-state index in [1.54, 1.807) is 0 Å². The SMILES string of the molecule is CN(C)c1ccc2c(-c3cc(C(=O)NCC#Cc4ccc(CNC5C=CN([C@H]6C[C@H](O)[C@@H](COP(=O)(O)OP(=O)(O)OP(=O)(O)O)O6)C(=O)N5)c([N+](=O)[O-])c4)ccc3C(=O)O)c3ccc(=[N+](C)C)cc-3oc2c1. The van der Waals surface area contributed by atoms with Gasteiger partial charge in [-0.15, -0.1) is 0 Å². The number of carbonyl (C=O) groups is 3. The minimum atomic E-state index is -5.78. The smallest absolute Gasteiger partial charge is 0.478 e. The predicted molar refractivity (Wildman–Crippen MR) is 258 cm³/mol. The molecule has 3 aliphatic heterocycles. The van der Waals surface area contributed by atoms with Crippen molar-refractivity contribution >= 4 is 63.7 Å². The maximum Gasteiger partial charge on any atom is 0.490 e. The summed E-state index contributed by atoms with van der Waals surface area (Å²) in [5, 5.41) is 42.6. The Morgan fingerprint density at radius 2 is 1.73 bits per heavy atom. The summed E-state index contributed by atoms with van der Waals surface area (Å²) in [6, 6.07) is 18.9. The van der Waals surface area contributed by atoms with Gasteiger partial charge in [-0.2, -0.15) is 8.62 Å². The average molecular weight is 1070 g/mol. The van der Waals surface area contributed by atoms with Crippen molar-refractivity contribution in [2.75, 3.05) is 46.2 Å². The Balaban J connectivity index is 0.983. The fraction of sp³-hybridized carbons (Fsp3) is 0.273. The number of nitrogens with zero attached hydrogens (tertiary/aromatic N) is 4. The lowest BCUT2D eigenvalue weighted by Crippen LogP contribution is -2.54. The summed E-state index contributed by atoms with van der Waals surface area (Å²) < 4.78 is 60.2. The van der Waals surface area contributed by atoms with Gasteiger partial charge in [0.25, 0.3) is 11.6 Å². The quantitative estimate of drug-likeness (QED) is 0.0161. The normalized spacial score (nSPS) is 19.4. The number of urea groups is 1. The Labute approximate surface area is 414 Å². The molecule has 7 rings (SSSR count). The van der Waals surface area contributed by atoms with Gasteiger partial charge in [-0.3, -0.25) is 29.6 Å². The van der Waals surface area contributed by atoms with E-state index in [1.165, 1.54) is 48.7 Å². The molecule has 3 amide bonds. The number of aromatic carboxylic acids is 1. The second-order valence-electron chi connectivity index (χ2n) is 16.7. The molecule has 29 heteroatoms. The fourth-order valence-corrected chi connectivity index (χ4v) is 10.7. The van der Waals surface area contributed by atoms with Crippen LogP contribution < -0.4 is 30.8 Å². The second kappa shape index (κ2) is 21.8. The summed E-state index contributed by atoms with van der Waals surface area (Å²) in [6.07, 6.45) is -2.30. The van der Waals surface area contributed by atoms with Crippen molar-refractivity contribution in [3.8, 4) is 34.3 Å². The number of aliphatic hydroxyl groups is 1. The first-order valence-electron chi connectivity index (χ1n) is 21.5. The average Bonchev–Trinajstić information content (AvgIpc) is 3.68. The number of amides is 3. The molecule has 1 saturated heterocycles. The van der Waals surface area contributed by atoms with Crippen LogP contribution in [0.2, 0.25) is 0 Å². The number of hydrogen-bond donors (Lipinski definition) is 9. The monoisotopic (exact) mass is 1070 g/mol. The van der Waals surface area contributed by atoms with E-state index < -0.39 is 77.5 Å². The Morgan fingerprint density at radius 3 is 2.40 bits per heavy atom. The van der Waals surface area contributed by atoms with Gasteiger partial charge >= 0.3 is 35.5 Å². The van der Waals surface area contributed by atoms with Gasteiger partial charge in [0.1, 0.15) is 43.9 Å². The Hall–Kier alpha value is -6.65. The number of nitrogens with one attached hydrogen (secondary N) is 3. The number of carboxylic acids is 1. The number of ether oxygens (including phenoxy) is 1. The molecule has 73 heavy (non-hydrogen) atoms. The van der Waals surface area contributed by atoms with Gasteiger partial charge in [0.2, 0.25) is 5.36 Å². The van der Waals surface area contributed by atoms with Crippen LogP contribution in [0, 0.1) is 22.0 Å². The van der Waals surface area contributed by atoms with E-state index in [-0.39, 0.29) is 53.0 Å². The third-order valence-electron chi connectivity index (χ3n) is 11.2. The van der Waals surface area contributed by atoms with Gasteiger partial charge in [-0.25, -0.2) is 27.9 Å². The first-order chi connectivity index (χ1) is 34.3. The molecular formula is C44H47N7O19P3+. The van der Waals surface area contributed by atoms with Crippen LogP contribution in [0.5, 0.6) is 0 Å². The Morgan fingerprint density at radius 1 is 0.973 bits per heavy atom. The van der Waals surface area contributed by atoms with Crippen molar-refractivity contribution < 1.29 is 85.1 Å². The zero-order chi connectivity index (χ0) is 53.2. The van der Waals surface area contributed by atoms with Crippen molar-refractivity contribution in [2.45, 2.75) is 37.6 Å². The molecule has 0 saturated carbocycles. The minimum absolute atomic E-state index is 0.0403. The molecule has 0 radical (unpaired) electrons. The summed E-state index contributed by atoms with van der Waals surface area (Å²) >= 11 is 0. The molecule has 26 nitrogen and oxygen atoms in total. The molecule has 0 aromatic heterocycles. The number of phosphoric acid groups is 3. The van der Waals surface area contributed by atoms with Crippen LogP contribution in [-0.2, 0) is 38.1 Å². The molecule has 3 aromatic rings. The van der Waals surface area contributed by atoms with Crippen molar-refractivity contribution in [3.63, 3.8) is 0 Å². The molecule has 3 aromatic carbocycles. The van der Waals surface area contributed by atoms with E-state index in [0.29, 0.717) is 27.9 Å². The molecular weight excluding hydrogens is 1020 g/mol. The number of hydrogen-bond acceptors (Lipinski definition) is 16. The third-order valence-corrected chi connectivity index (χ3v) is 15.0. The zero-order valence-corrected chi connectivity index (χ0v) is 41.5. The van der Waals surface area contributed by atoms with E-state index in [0.717, 1.165) is 15.9 Å². The first kappa shape index (κ1) is 54.1. The lowest BCUT2D eigenvalue weighted by Gasteiger charge is -2.31. The highest BCUT2D eigenvalue weighted by atomic mass is 31.3. The summed E-state index contributed by atoms with van der Waals surface area (Å²) in [5.41, 5.74) is 3.10. The molecule has 1 aliphatic carbocycles. The number of anilines is 1. The molecule has 3 unspecified atom stereocenters. The molecule has 0 bridgehead atoms. The number of nitro groups is 1. The number of carbonyl (C=O) groups excluding carboxylic acids is 2. The maximum absolute atomic E-state index is 13.6. The van der Waals surface area contributed by atoms with Gasteiger partial charge in [0.05, 0.1) is 35.8 Å². The van der Waals surface area contributed by atoms with Crippen LogP contribution in [0.25, 0.3) is 33.4 Å². The highest BCUT2D eigenvalue weighted by molar-refractivity contribution is 7.66. The van der Waals surface area contributed by atoms with Gasteiger partial charge in [-0.05, 0) is 60.2 Å². The number of rotatable bonds is 17. The van der Waals surface area contributed by atoms with Gasteiger partial charge in [-0.1, -0.05) is 11.8 Å². The number of nitro benzene ring substituents is 1. The topological polar surface area (TPSA) is 363 Å². The summed E-state index contributed by atoms with van der Waals surface area (Å²) in [7, 11) is -9.37. The van der Waals surface area contributed by atoms with Crippen LogP contribution >= 0.6 is 23.5 Å². The van der Waals surface area contributed by atoms with Gasteiger partial charge < -0.3 is 54.5 Å². The predicted octanol–water partition coefficient (Wildman–Crippen LogP) is 3.46. The molecule has 386 valence electrons. The summed E-state index contributed by atoms with van der Waals surface area (Å²) in [4.78, 5) is 90.1. The van der Waals surface area contributed by atoms with Crippen LogP contribution in [0.1, 0.15) is 38.3 Å². The van der Waals surface area contributed by atoms with Crippen LogP contribution in [0.15, 0.2) is 89.5 Å². The van der Waals surface area contributed by atoms with Crippen molar-refractivity contribution in [1.82, 2.24) is 25.4 Å². The van der Waals surface area contributed by atoms with Crippen LogP contribution in [0.4, 0.5) is 16.2 Å². The van der Waals surface area contributed by atoms with E-state index in [4.69, 9.17) is 18.9 Å². The largest absolute Gasteiger partial charge is 0.490 e. The summed E-state index contributed by atoms with van der Waals surface area (Å²) in [6.45, 7) is -1.24. The van der Waals surface area contributed by atoms with Crippen molar-refractivity contribution in [3.05, 3.63) is 123 Å². The number of aliphatic hydroxyl groups excluding tert-OH is 1. The van der Waals surface area contributed by atoms with Crippen LogP contribution in [0.3, 0.4) is 0 Å². The highest BCUT2D eigenvalue weighted by Crippen LogP contribution is 2.66. The highest BCUT2D eigenvalue weighted by Gasteiger charge is 2.44. The Kier molecular flexibility index (Phi) is 16.2. The first-order valence-corrected chi connectivity index (χ1v) is 26.0. The number of benzene rings is 4. The number of phosphoric ester groups is 1. The maximum atomic E-state index is 13.6. The van der Waals surface area contributed by atoms with Gasteiger partial charge in [0.15, 0.2) is 0 Å². The molecule has 9 N–H and O–H groups in total. The number of fused-ring (bicyclic) bond motifs is 2. The van der Waals surface area contributed by atoms with Crippen molar-refractivity contribution in [2.24, 2.45) is 0 Å². The van der Waals surface area contributed by atoms with E-state index in [2.05, 4.69) is 40.9 Å². The van der Waals surface area contributed by atoms with E-state index >= 15 is 0 Å². The molecule has 6 atom stereocenters. The van der Waals surface area contributed by atoms with Crippen molar-refractivity contribution in [1.29, 1.82) is 0 Å². The minimum Gasteiger partial charge on any atom is -0.478 e. The fourth-order valence-electron chi connectivity index (χ4n) is 7.70. The van der Waals surface area contributed by atoms with E-state index in [1.807, 2.05) is 74.1 Å².